The maximum Gasteiger partial charge on any atom is 0.271 e. The van der Waals surface area contributed by atoms with E-state index in [0.29, 0.717) is 15.9 Å². The lowest BCUT2D eigenvalue weighted by Gasteiger charge is -2.10. The molecule has 150 valence electrons. The van der Waals surface area contributed by atoms with Gasteiger partial charge in [0, 0.05) is 12.2 Å². The molecule has 0 aliphatic carbocycles. The Morgan fingerprint density at radius 3 is 2.76 bits per heavy atom. The Labute approximate surface area is 171 Å². The lowest BCUT2D eigenvalue weighted by Crippen LogP contribution is -2.27. The zero-order valence-electron chi connectivity index (χ0n) is 16.3. The third-order valence-corrected chi connectivity index (χ3v) is 5.55. The first-order chi connectivity index (χ1) is 14.0. The Bertz CT molecular complexity index is 1220. The van der Waals surface area contributed by atoms with Gasteiger partial charge in [0.2, 0.25) is 5.91 Å². The summed E-state index contributed by atoms with van der Waals surface area (Å²) in [5, 5.41) is 4.66. The molecule has 0 unspecified atom stereocenters. The SMILES string of the molecule is CN(C)CCCn1cnc2cc(NC(=O)Cn3cnc4ccsc4c3=O)ccc21. The van der Waals surface area contributed by atoms with Gasteiger partial charge in [0.15, 0.2) is 0 Å². The van der Waals surface area contributed by atoms with Crippen molar-refractivity contribution in [3.63, 3.8) is 0 Å². The van der Waals surface area contributed by atoms with Gasteiger partial charge in [-0.1, -0.05) is 0 Å². The van der Waals surface area contributed by atoms with Crippen molar-refractivity contribution in [2.45, 2.75) is 19.5 Å². The summed E-state index contributed by atoms with van der Waals surface area (Å²) >= 11 is 1.33. The van der Waals surface area contributed by atoms with Crippen LogP contribution in [0.2, 0.25) is 0 Å². The van der Waals surface area contributed by atoms with E-state index in [1.54, 1.807) is 6.07 Å². The lowest BCUT2D eigenvalue weighted by molar-refractivity contribution is -0.116. The van der Waals surface area contributed by atoms with Crippen molar-refractivity contribution in [1.29, 1.82) is 0 Å². The van der Waals surface area contributed by atoms with Crippen LogP contribution >= 0.6 is 11.3 Å². The standard InChI is InChI=1S/C20H22N6O2S/c1-24(2)7-3-8-25-12-22-16-10-14(4-5-17(16)25)23-18(27)11-26-13-21-15-6-9-29-19(15)20(26)28/h4-6,9-10,12-13H,3,7-8,11H2,1-2H3,(H,23,27). The number of carbonyl (C=O) groups is 1. The number of thiophene rings is 1. The number of carbonyl (C=O) groups excluding carboxylic acids is 1. The van der Waals surface area contributed by atoms with Crippen molar-refractivity contribution >= 4 is 44.2 Å². The number of nitrogens with one attached hydrogen (secondary N) is 1. The van der Waals surface area contributed by atoms with Crippen LogP contribution in [0, 0.1) is 0 Å². The number of aryl methyl sites for hydroxylation is 1. The Hall–Kier alpha value is -3.04. The van der Waals surface area contributed by atoms with Crippen LogP contribution in [0.5, 0.6) is 0 Å². The first kappa shape index (κ1) is 19.3. The number of benzene rings is 1. The summed E-state index contributed by atoms with van der Waals surface area (Å²) in [5.41, 5.74) is 2.96. The monoisotopic (exact) mass is 410 g/mol. The predicted molar refractivity (Wildman–Crippen MR) is 115 cm³/mol. The van der Waals surface area contributed by atoms with Crippen LogP contribution in [0.15, 0.2) is 47.1 Å². The quantitative estimate of drug-likeness (QED) is 0.506. The Kier molecular flexibility index (Phi) is 5.41. The number of rotatable bonds is 7. The summed E-state index contributed by atoms with van der Waals surface area (Å²) in [6.45, 7) is 1.82. The number of amides is 1. The van der Waals surface area contributed by atoms with Gasteiger partial charge in [-0.15, -0.1) is 11.3 Å². The minimum Gasteiger partial charge on any atom is -0.331 e. The van der Waals surface area contributed by atoms with Gasteiger partial charge in [0.25, 0.3) is 5.56 Å². The van der Waals surface area contributed by atoms with E-state index in [-0.39, 0.29) is 18.0 Å². The number of fused-ring (bicyclic) bond motifs is 2. The Morgan fingerprint density at radius 1 is 1.14 bits per heavy atom. The molecular weight excluding hydrogens is 388 g/mol. The maximum atomic E-state index is 12.4. The summed E-state index contributed by atoms with van der Waals surface area (Å²) in [6, 6.07) is 7.45. The minimum absolute atomic E-state index is 0.0866. The molecule has 8 nitrogen and oxygen atoms in total. The van der Waals surface area contributed by atoms with Gasteiger partial charge in [0.05, 0.1) is 29.2 Å². The molecule has 0 bridgehead atoms. The average Bonchev–Trinajstić information content (AvgIpc) is 3.31. The molecular formula is C20H22N6O2S. The largest absolute Gasteiger partial charge is 0.331 e. The van der Waals surface area contributed by atoms with E-state index in [0.717, 1.165) is 30.5 Å². The van der Waals surface area contributed by atoms with E-state index in [2.05, 4.69) is 38.8 Å². The van der Waals surface area contributed by atoms with Crippen molar-refractivity contribution in [3.05, 3.63) is 52.7 Å². The predicted octanol–water partition coefficient (Wildman–Crippen LogP) is 2.40. The van der Waals surface area contributed by atoms with E-state index in [9.17, 15) is 9.59 Å². The van der Waals surface area contributed by atoms with E-state index >= 15 is 0 Å². The lowest BCUT2D eigenvalue weighted by atomic mass is 10.2. The fourth-order valence-corrected chi connectivity index (χ4v) is 4.02. The maximum absolute atomic E-state index is 12.4. The van der Waals surface area contributed by atoms with Crippen LogP contribution in [0.1, 0.15) is 6.42 Å². The number of anilines is 1. The summed E-state index contributed by atoms with van der Waals surface area (Å²) in [4.78, 5) is 35.7. The fraction of sp³-hybridized carbons (Fsp3) is 0.300. The van der Waals surface area contributed by atoms with Gasteiger partial charge in [0.1, 0.15) is 11.2 Å². The number of imidazole rings is 1. The molecule has 4 aromatic rings. The van der Waals surface area contributed by atoms with Crippen molar-refractivity contribution in [1.82, 2.24) is 24.0 Å². The molecule has 0 spiro atoms. The smallest absolute Gasteiger partial charge is 0.271 e. The summed E-state index contributed by atoms with van der Waals surface area (Å²) in [6.07, 6.45) is 4.28. The molecule has 4 rings (SSSR count). The van der Waals surface area contributed by atoms with Crippen LogP contribution in [-0.4, -0.2) is 50.5 Å². The molecule has 0 fully saturated rings. The van der Waals surface area contributed by atoms with Gasteiger partial charge in [-0.05, 0) is 56.7 Å². The molecule has 3 aromatic heterocycles. The third-order valence-electron chi connectivity index (χ3n) is 4.66. The highest BCUT2D eigenvalue weighted by atomic mass is 32.1. The minimum atomic E-state index is -0.283. The second-order valence-electron chi connectivity index (χ2n) is 7.16. The highest BCUT2D eigenvalue weighted by molar-refractivity contribution is 7.17. The Morgan fingerprint density at radius 2 is 1.93 bits per heavy atom. The second kappa shape index (κ2) is 8.14. The van der Waals surface area contributed by atoms with Gasteiger partial charge in [-0.3, -0.25) is 14.2 Å². The molecule has 3 heterocycles. The first-order valence-electron chi connectivity index (χ1n) is 9.33. The van der Waals surface area contributed by atoms with Crippen LogP contribution in [0.25, 0.3) is 21.3 Å². The zero-order valence-corrected chi connectivity index (χ0v) is 17.1. The zero-order chi connectivity index (χ0) is 20.4. The Balaban J connectivity index is 1.45. The summed E-state index contributed by atoms with van der Waals surface area (Å²) in [5.74, 6) is -0.283. The topological polar surface area (TPSA) is 85.1 Å². The van der Waals surface area contributed by atoms with E-state index < -0.39 is 0 Å². The molecule has 0 atom stereocenters. The van der Waals surface area contributed by atoms with Gasteiger partial charge in [-0.2, -0.15) is 0 Å². The number of nitrogens with zero attached hydrogens (tertiary/aromatic N) is 5. The van der Waals surface area contributed by atoms with Crippen molar-refractivity contribution in [2.75, 3.05) is 26.0 Å². The molecule has 9 heteroatoms. The van der Waals surface area contributed by atoms with Gasteiger partial charge >= 0.3 is 0 Å². The molecule has 0 saturated carbocycles. The molecule has 0 aliphatic rings. The second-order valence-corrected chi connectivity index (χ2v) is 8.08. The molecule has 0 radical (unpaired) electrons. The fourth-order valence-electron chi connectivity index (χ4n) is 3.22. The third kappa shape index (κ3) is 4.20. The van der Waals surface area contributed by atoms with Crippen LogP contribution in [-0.2, 0) is 17.9 Å². The highest BCUT2D eigenvalue weighted by Crippen LogP contribution is 2.19. The number of aromatic nitrogens is 4. The molecule has 1 aromatic carbocycles. The normalized spacial score (nSPS) is 11.6. The van der Waals surface area contributed by atoms with Crippen molar-refractivity contribution in [3.8, 4) is 0 Å². The summed E-state index contributed by atoms with van der Waals surface area (Å²) < 4.78 is 4.00. The number of hydrogen-bond acceptors (Lipinski definition) is 6. The molecule has 1 N–H and O–H groups in total. The van der Waals surface area contributed by atoms with Crippen LogP contribution in [0.3, 0.4) is 0 Å². The van der Waals surface area contributed by atoms with Crippen molar-refractivity contribution < 1.29 is 4.79 Å². The van der Waals surface area contributed by atoms with Crippen LogP contribution < -0.4 is 10.9 Å². The molecule has 1 amide bonds. The summed E-state index contributed by atoms with van der Waals surface area (Å²) in [7, 11) is 4.12. The molecule has 0 saturated heterocycles. The van der Waals surface area contributed by atoms with E-state index in [1.807, 2.05) is 29.9 Å². The first-order valence-corrected chi connectivity index (χ1v) is 10.2. The van der Waals surface area contributed by atoms with E-state index in [1.165, 1.54) is 22.2 Å². The molecule has 0 aliphatic heterocycles. The molecule has 29 heavy (non-hydrogen) atoms. The van der Waals surface area contributed by atoms with Crippen LogP contribution in [0.4, 0.5) is 5.69 Å². The van der Waals surface area contributed by atoms with Gasteiger partial charge < -0.3 is 14.8 Å². The van der Waals surface area contributed by atoms with Gasteiger partial charge in [-0.25, -0.2) is 9.97 Å². The highest BCUT2D eigenvalue weighted by Gasteiger charge is 2.10. The van der Waals surface area contributed by atoms with Crippen molar-refractivity contribution in [2.24, 2.45) is 0 Å². The number of hydrogen-bond donors (Lipinski definition) is 1. The average molecular weight is 411 g/mol. The van der Waals surface area contributed by atoms with E-state index in [4.69, 9.17) is 0 Å².